The van der Waals surface area contributed by atoms with Crippen LogP contribution in [-0.2, 0) is 0 Å². The largest absolute Gasteiger partial charge is 0.308 e. The van der Waals surface area contributed by atoms with Gasteiger partial charge in [0.2, 0.25) is 0 Å². The van der Waals surface area contributed by atoms with Crippen molar-refractivity contribution in [3.8, 4) is 56.9 Å². The molecule has 0 saturated carbocycles. The van der Waals surface area contributed by atoms with Crippen LogP contribution in [0.15, 0.2) is 158 Å². The van der Waals surface area contributed by atoms with Gasteiger partial charge in [0.1, 0.15) is 0 Å². The van der Waals surface area contributed by atoms with E-state index < -0.39 is 0 Å². The highest BCUT2D eigenvalue weighted by Crippen LogP contribution is 2.44. The Morgan fingerprint density at radius 1 is 0.345 bits per heavy atom. The van der Waals surface area contributed by atoms with Crippen LogP contribution < -0.4 is 0 Å². The molecule has 0 spiro atoms. The molecule has 0 amide bonds. The smallest absolute Gasteiger partial charge is 0.0993 e. The fourth-order valence-electron chi connectivity index (χ4n) is 9.17. The summed E-state index contributed by atoms with van der Waals surface area (Å²) >= 11 is 0. The topological polar surface area (TPSA) is 57.4 Å². The van der Waals surface area contributed by atoms with Gasteiger partial charge in [-0.05, 0) is 104 Å². The van der Waals surface area contributed by atoms with E-state index in [0.717, 1.165) is 88.4 Å². The lowest BCUT2D eigenvalue weighted by molar-refractivity contribution is 1.13. The van der Waals surface area contributed by atoms with Gasteiger partial charge in [0.15, 0.2) is 0 Å². The molecule has 2 heterocycles. The highest BCUT2D eigenvalue weighted by atomic mass is 15.0. The van der Waals surface area contributed by atoms with E-state index in [1.807, 2.05) is 30.3 Å². The SMILES string of the molecule is Cc1cc(C)cc(-c2ccc3c4ccccc4n(-c4cc(C#N)cc(-n5c6ccccc6c6ccc(-c7cc(C)cc(C)c7)cc65)c4-c4cccc(C#N)c4)c3c2)c1. The lowest BCUT2D eigenvalue weighted by atomic mass is 9.96. The number of para-hydroxylation sites is 2. The van der Waals surface area contributed by atoms with Crippen LogP contribution in [0, 0.1) is 50.4 Å². The summed E-state index contributed by atoms with van der Waals surface area (Å²) < 4.78 is 4.65. The molecule has 0 N–H and O–H groups in total. The van der Waals surface area contributed by atoms with Crippen LogP contribution >= 0.6 is 0 Å². The number of nitrogens with zero attached hydrogens (tertiary/aromatic N) is 4. The molecule has 274 valence electrons. The Balaban J connectivity index is 1.36. The summed E-state index contributed by atoms with van der Waals surface area (Å²) in [5, 5.41) is 25.6. The van der Waals surface area contributed by atoms with E-state index in [-0.39, 0.29) is 0 Å². The van der Waals surface area contributed by atoms with E-state index in [9.17, 15) is 10.5 Å². The van der Waals surface area contributed by atoms with E-state index in [2.05, 4.69) is 176 Å². The van der Waals surface area contributed by atoms with Gasteiger partial charge in [-0.1, -0.05) is 131 Å². The molecule has 0 atom stereocenters. The number of rotatable bonds is 5. The van der Waals surface area contributed by atoms with Gasteiger partial charge >= 0.3 is 0 Å². The quantitative estimate of drug-likeness (QED) is 0.176. The summed E-state index contributed by atoms with van der Waals surface area (Å²) in [4.78, 5) is 0. The van der Waals surface area contributed by atoms with Crippen molar-refractivity contribution in [1.82, 2.24) is 9.13 Å². The molecule has 58 heavy (non-hydrogen) atoms. The molecule has 0 fully saturated rings. The molecule has 4 nitrogen and oxygen atoms in total. The minimum atomic E-state index is 0.540. The van der Waals surface area contributed by atoms with E-state index in [1.54, 1.807) is 0 Å². The van der Waals surface area contributed by atoms with Crippen molar-refractivity contribution in [2.75, 3.05) is 0 Å². The van der Waals surface area contributed by atoms with Gasteiger partial charge in [-0.3, -0.25) is 0 Å². The Hall–Kier alpha value is -7.66. The minimum absolute atomic E-state index is 0.540. The first-order valence-electron chi connectivity index (χ1n) is 19.6. The molecule has 0 bridgehead atoms. The van der Waals surface area contributed by atoms with Crippen molar-refractivity contribution in [1.29, 1.82) is 10.5 Å². The molecular weight excluding hydrogens is 705 g/mol. The second kappa shape index (κ2) is 13.5. The second-order valence-corrected chi connectivity index (χ2v) is 15.6. The first-order valence-corrected chi connectivity index (χ1v) is 19.6. The van der Waals surface area contributed by atoms with Crippen LogP contribution in [0.25, 0.3) is 88.4 Å². The van der Waals surface area contributed by atoms with Gasteiger partial charge in [0, 0.05) is 27.1 Å². The average molecular weight is 743 g/mol. The average Bonchev–Trinajstić information content (AvgIpc) is 3.74. The molecule has 8 aromatic carbocycles. The number of aromatic nitrogens is 2. The maximum absolute atomic E-state index is 10.9. The van der Waals surface area contributed by atoms with Crippen LogP contribution in [0.5, 0.6) is 0 Å². The standard InChI is InChI=1S/C54H38N4/c1-33-20-34(2)23-42(22-33)39-16-18-46-44-12-5-7-14-48(44)57(50(46)29-39)52-27-38(32-56)28-53(54(52)41-11-9-10-37(26-41)31-55)58-49-15-8-6-13-45(49)47-19-17-40(30-51(47)58)43-24-35(3)21-36(4)25-43/h5-30H,1-4H3. The molecule has 10 aromatic rings. The second-order valence-electron chi connectivity index (χ2n) is 15.6. The lowest BCUT2D eigenvalue weighted by Crippen LogP contribution is -2.05. The number of aryl methyl sites for hydroxylation is 4. The van der Waals surface area contributed by atoms with Crippen molar-refractivity contribution in [2.45, 2.75) is 27.7 Å². The third-order valence-corrected chi connectivity index (χ3v) is 11.4. The summed E-state index contributed by atoms with van der Waals surface area (Å²) in [6.45, 7) is 8.56. The predicted octanol–water partition coefficient (Wildman–Crippen LogP) is 13.9. The number of nitriles is 2. The van der Waals surface area contributed by atoms with Crippen LogP contribution in [0.2, 0.25) is 0 Å². The van der Waals surface area contributed by atoms with Crippen LogP contribution in [0.3, 0.4) is 0 Å². The molecule has 0 radical (unpaired) electrons. The molecule has 4 heteroatoms. The normalized spacial score (nSPS) is 11.4. The van der Waals surface area contributed by atoms with Gasteiger partial charge in [-0.2, -0.15) is 10.5 Å². The van der Waals surface area contributed by atoms with E-state index in [4.69, 9.17) is 0 Å². The fourth-order valence-corrected chi connectivity index (χ4v) is 9.17. The van der Waals surface area contributed by atoms with Crippen LogP contribution in [0.1, 0.15) is 33.4 Å². The lowest BCUT2D eigenvalue weighted by Gasteiger charge is -2.21. The predicted molar refractivity (Wildman–Crippen MR) is 240 cm³/mol. The first-order chi connectivity index (χ1) is 28.3. The van der Waals surface area contributed by atoms with Gasteiger partial charge in [-0.15, -0.1) is 0 Å². The Labute approximate surface area is 337 Å². The molecule has 0 saturated heterocycles. The van der Waals surface area contributed by atoms with E-state index in [0.29, 0.717) is 11.1 Å². The summed E-state index contributed by atoms with van der Waals surface area (Å²) in [5.41, 5.74) is 18.2. The van der Waals surface area contributed by atoms with Gasteiger partial charge in [0.05, 0.1) is 56.7 Å². The molecule has 0 unspecified atom stereocenters. The molecule has 0 aliphatic carbocycles. The number of benzene rings is 8. The van der Waals surface area contributed by atoms with Crippen molar-refractivity contribution in [3.63, 3.8) is 0 Å². The minimum Gasteiger partial charge on any atom is -0.308 e. The van der Waals surface area contributed by atoms with Crippen molar-refractivity contribution in [2.24, 2.45) is 0 Å². The summed E-state index contributed by atoms with van der Waals surface area (Å²) in [6, 6.07) is 60.7. The first kappa shape index (κ1) is 34.8. The van der Waals surface area contributed by atoms with E-state index in [1.165, 1.54) is 22.3 Å². The monoisotopic (exact) mass is 742 g/mol. The van der Waals surface area contributed by atoms with Gasteiger partial charge in [0.25, 0.3) is 0 Å². The Morgan fingerprint density at radius 2 is 0.793 bits per heavy atom. The maximum atomic E-state index is 10.9. The number of hydrogen-bond donors (Lipinski definition) is 0. The fraction of sp³-hybridized carbons (Fsp3) is 0.0741. The maximum Gasteiger partial charge on any atom is 0.0993 e. The van der Waals surface area contributed by atoms with Crippen molar-refractivity contribution < 1.29 is 0 Å². The highest BCUT2D eigenvalue weighted by molar-refractivity contribution is 6.13. The highest BCUT2D eigenvalue weighted by Gasteiger charge is 2.24. The Morgan fingerprint density at radius 3 is 1.26 bits per heavy atom. The van der Waals surface area contributed by atoms with Crippen molar-refractivity contribution in [3.05, 3.63) is 191 Å². The molecule has 2 aromatic heterocycles. The van der Waals surface area contributed by atoms with E-state index >= 15 is 0 Å². The van der Waals surface area contributed by atoms with Crippen LogP contribution in [0.4, 0.5) is 0 Å². The zero-order valence-corrected chi connectivity index (χ0v) is 32.8. The molecule has 0 aliphatic rings. The third kappa shape index (κ3) is 5.66. The number of hydrogen-bond acceptors (Lipinski definition) is 2. The summed E-state index contributed by atoms with van der Waals surface area (Å²) in [6.07, 6.45) is 0. The zero-order valence-electron chi connectivity index (χ0n) is 32.8. The third-order valence-electron chi connectivity index (χ3n) is 11.4. The van der Waals surface area contributed by atoms with Gasteiger partial charge < -0.3 is 9.13 Å². The summed E-state index contributed by atoms with van der Waals surface area (Å²) in [7, 11) is 0. The zero-order chi connectivity index (χ0) is 39.7. The Bertz CT molecular complexity index is 3180. The van der Waals surface area contributed by atoms with Crippen LogP contribution in [-0.4, -0.2) is 9.13 Å². The number of fused-ring (bicyclic) bond motifs is 6. The molecular formula is C54H38N4. The Kier molecular flexibility index (Phi) is 8.11. The van der Waals surface area contributed by atoms with Gasteiger partial charge in [-0.25, -0.2) is 0 Å². The molecule has 0 aliphatic heterocycles. The molecule has 10 rings (SSSR count). The van der Waals surface area contributed by atoms with Crippen molar-refractivity contribution >= 4 is 43.6 Å². The summed E-state index contributed by atoms with van der Waals surface area (Å²) in [5.74, 6) is 0.